The zero-order chi connectivity index (χ0) is 20.7. The van der Waals surface area contributed by atoms with Gasteiger partial charge in [-0.25, -0.2) is 0 Å². The van der Waals surface area contributed by atoms with Gasteiger partial charge in [-0.3, -0.25) is 9.59 Å². The first-order valence-corrected chi connectivity index (χ1v) is 9.87. The van der Waals surface area contributed by atoms with Crippen molar-refractivity contribution in [3.05, 3.63) is 62.7 Å². The lowest BCUT2D eigenvalue weighted by molar-refractivity contribution is 0.103. The molecule has 0 aliphatic rings. The molecule has 1 amide bonds. The Kier molecular flexibility index (Phi) is 4.94. The molecule has 1 N–H and O–H groups in total. The number of nitrogens with zero attached hydrogens (tertiary/aromatic N) is 1. The van der Waals surface area contributed by atoms with Crippen molar-refractivity contribution in [2.45, 2.75) is 0 Å². The Morgan fingerprint density at radius 2 is 1.79 bits per heavy atom. The van der Waals surface area contributed by atoms with E-state index in [1.807, 2.05) is 6.07 Å². The number of rotatable bonds is 4. The number of hydrogen-bond donors (Lipinski definition) is 1. The Morgan fingerprint density at radius 1 is 1.03 bits per heavy atom. The monoisotopic (exact) mass is 428 g/mol. The molecule has 2 heterocycles. The van der Waals surface area contributed by atoms with Gasteiger partial charge in [-0.2, -0.15) is 0 Å². The number of nitrogens with one attached hydrogen (secondary N) is 1. The zero-order valence-electron chi connectivity index (χ0n) is 15.9. The Balaban J connectivity index is 1.77. The Labute approximate surface area is 175 Å². The molecule has 0 fully saturated rings. The predicted octanol–water partition coefficient (Wildman–Crippen LogP) is 4.68. The number of fused-ring (bicyclic) bond motifs is 3. The largest absolute Gasteiger partial charge is 0.493 e. The number of carbonyl (C=O) groups is 1. The third-order valence-electron chi connectivity index (χ3n) is 4.70. The van der Waals surface area contributed by atoms with Crippen molar-refractivity contribution in [2.75, 3.05) is 19.5 Å². The number of benzene rings is 2. The lowest BCUT2D eigenvalue weighted by atomic mass is 10.1. The van der Waals surface area contributed by atoms with Crippen molar-refractivity contribution in [3.63, 3.8) is 0 Å². The second-order valence-corrected chi connectivity index (χ2v) is 7.89. The highest BCUT2D eigenvalue weighted by Crippen LogP contribution is 2.33. The molecule has 8 heteroatoms. The molecule has 0 saturated heterocycles. The topological polar surface area (TPSA) is 69.6 Å². The molecule has 4 rings (SSSR count). The summed E-state index contributed by atoms with van der Waals surface area (Å²) >= 11 is 7.37. The summed E-state index contributed by atoms with van der Waals surface area (Å²) in [5.41, 5.74) is 1.12. The van der Waals surface area contributed by atoms with Crippen LogP contribution in [0.4, 0.5) is 5.69 Å². The van der Waals surface area contributed by atoms with Crippen LogP contribution in [0.1, 0.15) is 9.67 Å². The van der Waals surface area contributed by atoms with E-state index in [1.54, 1.807) is 55.1 Å². The number of pyridine rings is 1. The van der Waals surface area contributed by atoms with Crippen LogP contribution in [0.25, 0.3) is 21.0 Å². The van der Waals surface area contributed by atoms with Crippen LogP contribution < -0.4 is 20.3 Å². The minimum atomic E-state index is -0.303. The highest BCUT2D eigenvalue weighted by atomic mass is 35.5. The second-order valence-electron chi connectivity index (χ2n) is 6.40. The fraction of sp³-hybridized carbons (Fsp3) is 0.143. The third-order valence-corrected chi connectivity index (χ3v) is 6.10. The molecule has 0 radical (unpaired) electrons. The van der Waals surface area contributed by atoms with Gasteiger partial charge in [0.15, 0.2) is 11.5 Å². The Hall–Kier alpha value is -3.03. The average Bonchev–Trinajstić information content (AvgIpc) is 3.17. The van der Waals surface area contributed by atoms with Crippen LogP contribution in [-0.4, -0.2) is 24.7 Å². The number of amides is 1. The number of aromatic nitrogens is 1. The van der Waals surface area contributed by atoms with Crippen LogP contribution in [0, 0.1) is 0 Å². The summed E-state index contributed by atoms with van der Waals surface area (Å²) in [5.74, 6) is 0.780. The van der Waals surface area contributed by atoms with E-state index in [0.717, 1.165) is 15.6 Å². The van der Waals surface area contributed by atoms with Crippen molar-refractivity contribution in [3.8, 4) is 11.5 Å². The minimum Gasteiger partial charge on any atom is -0.493 e. The molecule has 0 bridgehead atoms. The lowest BCUT2D eigenvalue weighted by Crippen LogP contribution is -2.16. The molecule has 0 saturated carbocycles. The number of thiophene rings is 1. The SMILES string of the molecule is COc1ccc(NC(=O)c2cc3c(=O)n(C)c4cc(Cl)ccc4c3s2)cc1OC. The maximum absolute atomic E-state index is 12.8. The maximum atomic E-state index is 12.8. The van der Waals surface area contributed by atoms with Crippen LogP contribution in [0.3, 0.4) is 0 Å². The van der Waals surface area contributed by atoms with E-state index in [-0.39, 0.29) is 11.5 Å². The van der Waals surface area contributed by atoms with E-state index in [1.165, 1.54) is 18.4 Å². The van der Waals surface area contributed by atoms with Crippen LogP contribution in [0.15, 0.2) is 47.3 Å². The quantitative estimate of drug-likeness (QED) is 0.512. The third kappa shape index (κ3) is 3.32. The van der Waals surface area contributed by atoms with E-state index in [0.29, 0.717) is 32.5 Å². The van der Waals surface area contributed by atoms with Gasteiger partial charge in [-0.15, -0.1) is 11.3 Å². The summed E-state index contributed by atoms with van der Waals surface area (Å²) in [4.78, 5) is 26.0. The molecule has 0 unspecified atom stereocenters. The summed E-state index contributed by atoms with van der Waals surface area (Å²) in [5, 5.41) is 4.77. The van der Waals surface area contributed by atoms with Gasteiger partial charge in [0.2, 0.25) is 0 Å². The molecule has 0 spiro atoms. The van der Waals surface area contributed by atoms with Gasteiger partial charge in [0.1, 0.15) is 0 Å². The highest BCUT2D eigenvalue weighted by Gasteiger charge is 2.17. The number of methoxy groups -OCH3 is 2. The Bertz CT molecular complexity index is 1330. The first-order valence-electron chi connectivity index (χ1n) is 8.68. The molecule has 4 aromatic rings. The fourth-order valence-electron chi connectivity index (χ4n) is 3.23. The minimum absolute atomic E-state index is 0.170. The van der Waals surface area contributed by atoms with E-state index in [4.69, 9.17) is 21.1 Å². The number of carbonyl (C=O) groups excluding carboxylic acids is 1. The van der Waals surface area contributed by atoms with E-state index >= 15 is 0 Å². The highest BCUT2D eigenvalue weighted by molar-refractivity contribution is 7.21. The number of ether oxygens (including phenoxy) is 2. The van der Waals surface area contributed by atoms with Crippen molar-refractivity contribution in [1.29, 1.82) is 0 Å². The summed E-state index contributed by atoms with van der Waals surface area (Å²) in [7, 11) is 4.77. The smallest absolute Gasteiger partial charge is 0.265 e. The van der Waals surface area contributed by atoms with Gasteiger partial charge in [0.25, 0.3) is 11.5 Å². The molecule has 148 valence electrons. The Morgan fingerprint density at radius 3 is 2.52 bits per heavy atom. The first kappa shape index (κ1) is 19.3. The second kappa shape index (κ2) is 7.42. The zero-order valence-corrected chi connectivity index (χ0v) is 17.5. The van der Waals surface area contributed by atoms with Gasteiger partial charge in [-0.05, 0) is 36.4 Å². The van der Waals surface area contributed by atoms with E-state index in [9.17, 15) is 9.59 Å². The predicted molar refractivity (Wildman–Crippen MR) is 117 cm³/mol. The van der Waals surface area contributed by atoms with Gasteiger partial charge in [0, 0.05) is 33.9 Å². The van der Waals surface area contributed by atoms with Crippen LogP contribution in [-0.2, 0) is 7.05 Å². The molecule has 29 heavy (non-hydrogen) atoms. The molecule has 0 atom stereocenters. The number of halogens is 1. The van der Waals surface area contributed by atoms with Crippen molar-refractivity contribution in [1.82, 2.24) is 4.57 Å². The normalized spacial score (nSPS) is 11.0. The molecule has 2 aromatic heterocycles. The molecule has 0 aliphatic heterocycles. The van der Waals surface area contributed by atoms with Crippen LogP contribution in [0.5, 0.6) is 11.5 Å². The van der Waals surface area contributed by atoms with Gasteiger partial charge >= 0.3 is 0 Å². The average molecular weight is 429 g/mol. The molecular weight excluding hydrogens is 412 g/mol. The van der Waals surface area contributed by atoms with Crippen molar-refractivity contribution < 1.29 is 14.3 Å². The van der Waals surface area contributed by atoms with Crippen LogP contribution in [0.2, 0.25) is 5.02 Å². The standard InChI is InChI=1S/C21H17ClN2O4S/c1-24-15-8-11(22)4-6-13(15)19-14(21(24)26)10-18(29-19)20(25)23-12-5-7-16(27-2)17(9-12)28-3/h4-10H,1-3H3,(H,23,25). The summed E-state index contributed by atoms with van der Waals surface area (Å²) < 4.78 is 12.8. The van der Waals surface area contributed by atoms with Gasteiger partial charge in [0.05, 0.1) is 30.0 Å². The van der Waals surface area contributed by atoms with E-state index in [2.05, 4.69) is 5.32 Å². The van der Waals surface area contributed by atoms with Crippen LogP contribution >= 0.6 is 22.9 Å². The molecular formula is C21H17ClN2O4S. The van der Waals surface area contributed by atoms with Gasteiger partial charge in [-0.1, -0.05) is 11.6 Å². The van der Waals surface area contributed by atoms with Crippen molar-refractivity contribution in [2.24, 2.45) is 7.05 Å². The summed E-state index contributed by atoms with van der Waals surface area (Å²) in [6, 6.07) is 12.1. The molecule has 6 nitrogen and oxygen atoms in total. The fourth-order valence-corrected chi connectivity index (χ4v) is 4.48. The molecule has 0 aliphatic carbocycles. The van der Waals surface area contributed by atoms with Gasteiger partial charge < -0.3 is 19.4 Å². The van der Waals surface area contributed by atoms with Crippen molar-refractivity contribution >= 4 is 55.5 Å². The maximum Gasteiger partial charge on any atom is 0.265 e. The molecule has 2 aromatic carbocycles. The number of anilines is 1. The summed E-state index contributed by atoms with van der Waals surface area (Å²) in [6.45, 7) is 0. The number of hydrogen-bond acceptors (Lipinski definition) is 5. The summed E-state index contributed by atoms with van der Waals surface area (Å²) in [6.07, 6.45) is 0. The number of aryl methyl sites for hydroxylation is 1. The van der Waals surface area contributed by atoms with E-state index < -0.39 is 0 Å². The first-order chi connectivity index (χ1) is 13.9. The lowest BCUT2D eigenvalue weighted by Gasteiger charge is -2.10.